The number of rotatable bonds is 5. The zero-order valence-electron chi connectivity index (χ0n) is 14.0. The molecule has 132 valence electrons. The van der Waals surface area contributed by atoms with Gasteiger partial charge >= 0.3 is 0 Å². The highest BCUT2D eigenvalue weighted by Crippen LogP contribution is 2.20. The van der Waals surface area contributed by atoms with E-state index in [9.17, 15) is 17.6 Å². The van der Waals surface area contributed by atoms with Crippen molar-refractivity contribution in [3.8, 4) is 0 Å². The van der Waals surface area contributed by atoms with Crippen LogP contribution in [0.3, 0.4) is 0 Å². The Kier molecular flexibility index (Phi) is 5.61. The number of benzene rings is 1. The normalized spacial score (nSPS) is 17.1. The summed E-state index contributed by atoms with van der Waals surface area (Å²) >= 11 is 0. The molecule has 0 radical (unpaired) electrons. The summed E-state index contributed by atoms with van der Waals surface area (Å²) in [6.45, 7) is 3.58. The van der Waals surface area contributed by atoms with Crippen LogP contribution in [0.25, 0.3) is 0 Å². The molecule has 0 spiro atoms. The smallest absolute Gasteiger partial charge is 0.253 e. The van der Waals surface area contributed by atoms with E-state index in [1.165, 1.54) is 6.07 Å². The predicted octanol–water partition coefficient (Wildman–Crippen LogP) is 1.58. The van der Waals surface area contributed by atoms with Crippen LogP contribution in [0.15, 0.2) is 29.8 Å². The summed E-state index contributed by atoms with van der Waals surface area (Å²) < 4.78 is 38.6. The molecule has 0 saturated carbocycles. The number of sulfonamides is 1. The Morgan fingerprint density at radius 2 is 2.08 bits per heavy atom. The van der Waals surface area contributed by atoms with Gasteiger partial charge in [0.05, 0.1) is 17.5 Å². The molecule has 0 bridgehead atoms. The number of carbonyl (C=O) groups excluding carboxylic acids is 1. The molecule has 1 aliphatic heterocycles. The molecule has 8 heteroatoms. The number of amides is 1. The largest absolute Gasteiger partial charge is 0.346 e. The van der Waals surface area contributed by atoms with Crippen molar-refractivity contribution in [2.45, 2.75) is 19.4 Å². The standard InChI is InChI=1S/C16H22FN3O3S/c1-11(12-6-8-20(2)9-7-12)18-16(21)14-10-13(17)4-5-15(14)19-24(3,22)23/h4-6,10-11,19H,7-9H2,1-3H3,(H,18,21). The van der Waals surface area contributed by atoms with E-state index in [4.69, 9.17) is 0 Å². The Morgan fingerprint density at radius 1 is 1.38 bits per heavy atom. The first-order chi connectivity index (χ1) is 11.2. The average Bonchev–Trinajstić information content (AvgIpc) is 2.48. The Bertz CT molecular complexity index is 762. The van der Waals surface area contributed by atoms with Crippen molar-refractivity contribution in [3.05, 3.63) is 41.2 Å². The zero-order valence-corrected chi connectivity index (χ0v) is 14.8. The van der Waals surface area contributed by atoms with Gasteiger partial charge in [0.25, 0.3) is 5.91 Å². The second-order valence-corrected chi connectivity index (χ2v) is 7.80. The average molecular weight is 355 g/mol. The molecule has 1 amide bonds. The van der Waals surface area contributed by atoms with E-state index in [-0.39, 0.29) is 17.3 Å². The number of likely N-dealkylation sites (N-methyl/N-ethyl adjacent to an activating group) is 1. The lowest BCUT2D eigenvalue weighted by molar-refractivity contribution is 0.0944. The summed E-state index contributed by atoms with van der Waals surface area (Å²) in [4.78, 5) is 14.6. The minimum Gasteiger partial charge on any atom is -0.346 e. The molecule has 0 fully saturated rings. The van der Waals surface area contributed by atoms with Crippen LogP contribution >= 0.6 is 0 Å². The van der Waals surface area contributed by atoms with Crippen molar-refractivity contribution in [2.75, 3.05) is 31.1 Å². The van der Waals surface area contributed by atoms with Gasteiger partial charge in [-0.25, -0.2) is 12.8 Å². The number of carbonyl (C=O) groups is 1. The third-order valence-electron chi connectivity index (χ3n) is 3.87. The van der Waals surface area contributed by atoms with Gasteiger partial charge < -0.3 is 10.2 Å². The van der Waals surface area contributed by atoms with Gasteiger partial charge in [-0.3, -0.25) is 9.52 Å². The quantitative estimate of drug-likeness (QED) is 0.786. The van der Waals surface area contributed by atoms with Crippen molar-refractivity contribution in [1.82, 2.24) is 10.2 Å². The molecule has 0 aliphatic carbocycles. The molecule has 0 saturated heterocycles. The van der Waals surface area contributed by atoms with Crippen LogP contribution in [-0.2, 0) is 10.0 Å². The number of anilines is 1. The van der Waals surface area contributed by atoms with Crippen LogP contribution in [-0.4, -0.2) is 51.7 Å². The van der Waals surface area contributed by atoms with Crippen LogP contribution in [0.5, 0.6) is 0 Å². The first kappa shape index (κ1) is 18.4. The second-order valence-electron chi connectivity index (χ2n) is 6.05. The van der Waals surface area contributed by atoms with Gasteiger partial charge in [-0.15, -0.1) is 0 Å². The molecule has 2 rings (SSSR count). The fourth-order valence-electron chi connectivity index (χ4n) is 2.54. The highest BCUT2D eigenvalue weighted by Gasteiger charge is 2.20. The van der Waals surface area contributed by atoms with Crippen LogP contribution in [0.1, 0.15) is 23.7 Å². The Hall–Kier alpha value is -1.93. The van der Waals surface area contributed by atoms with Gasteiger partial charge in [0.2, 0.25) is 10.0 Å². The van der Waals surface area contributed by atoms with E-state index in [0.29, 0.717) is 0 Å². The Morgan fingerprint density at radius 3 is 2.67 bits per heavy atom. The van der Waals surface area contributed by atoms with Crippen molar-refractivity contribution in [2.24, 2.45) is 0 Å². The van der Waals surface area contributed by atoms with E-state index in [2.05, 4.69) is 21.0 Å². The zero-order chi connectivity index (χ0) is 17.9. The molecule has 0 aromatic heterocycles. The van der Waals surface area contributed by atoms with E-state index in [0.717, 1.165) is 43.5 Å². The summed E-state index contributed by atoms with van der Waals surface area (Å²) in [7, 11) is -1.55. The van der Waals surface area contributed by atoms with Crippen LogP contribution in [0, 0.1) is 5.82 Å². The highest BCUT2D eigenvalue weighted by molar-refractivity contribution is 7.92. The van der Waals surface area contributed by atoms with E-state index in [1.54, 1.807) is 0 Å². The minimum atomic E-state index is -3.57. The summed E-state index contributed by atoms with van der Waals surface area (Å²) in [5, 5.41) is 2.81. The highest BCUT2D eigenvalue weighted by atomic mass is 32.2. The van der Waals surface area contributed by atoms with Gasteiger partial charge in [-0.1, -0.05) is 6.08 Å². The van der Waals surface area contributed by atoms with Gasteiger partial charge in [0.15, 0.2) is 0 Å². The van der Waals surface area contributed by atoms with Gasteiger partial charge in [-0.2, -0.15) is 0 Å². The van der Waals surface area contributed by atoms with Crippen LogP contribution < -0.4 is 10.0 Å². The summed E-state index contributed by atoms with van der Waals surface area (Å²) in [6, 6.07) is 3.16. The molecule has 1 unspecified atom stereocenters. The fraction of sp³-hybridized carbons (Fsp3) is 0.438. The van der Waals surface area contributed by atoms with Crippen molar-refractivity contribution >= 4 is 21.6 Å². The Balaban J connectivity index is 2.18. The molecule has 1 heterocycles. The van der Waals surface area contributed by atoms with Gasteiger partial charge in [0, 0.05) is 19.1 Å². The topological polar surface area (TPSA) is 78.5 Å². The first-order valence-electron chi connectivity index (χ1n) is 7.61. The molecule has 1 atom stereocenters. The van der Waals surface area contributed by atoms with E-state index < -0.39 is 21.7 Å². The summed E-state index contributed by atoms with van der Waals surface area (Å²) in [5.41, 5.74) is 1.12. The van der Waals surface area contributed by atoms with Gasteiger partial charge in [-0.05, 0) is 44.2 Å². The fourth-order valence-corrected chi connectivity index (χ4v) is 3.12. The van der Waals surface area contributed by atoms with Crippen LogP contribution in [0.2, 0.25) is 0 Å². The van der Waals surface area contributed by atoms with Crippen molar-refractivity contribution in [3.63, 3.8) is 0 Å². The van der Waals surface area contributed by atoms with Gasteiger partial charge in [0.1, 0.15) is 5.82 Å². The van der Waals surface area contributed by atoms with Crippen LogP contribution in [0.4, 0.5) is 10.1 Å². The molecule has 24 heavy (non-hydrogen) atoms. The number of nitrogens with zero attached hydrogens (tertiary/aromatic N) is 1. The maximum atomic E-state index is 13.5. The van der Waals surface area contributed by atoms with E-state index >= 15 is 0 Å². The molecular formula is C16H22FN3O3S. The monoisotopic (exact) mass is 355 g/mol. The number of hydrogen-bond donors (Lipinski definition) is 2. The molecule has 6 nitrogen and oxygen atoms in total. The molecule has 2 N–H and O–H groups in total. The number of halogens is 1. The minimum absolute atomic E-state index is 0.0409. The molecule has 1 aromatic carbocycles. The van der Waals surface area contributed by atoms with Crippen molar-refractivity contribution in [1.29, 1.82) is 0 Å². The number of nitrogens with one attached hydrogen (secondary N) is 2. The first-order valence-corrected chi connectivity index (χ1v) is 9.50. The SMILES string of the molecule is CC(NC(=O)c1cc(F)ccc1NS(C)(=O)=O)C1=CCN(C)CC1. The maximum absolute atomic E-state index is 13.5. The Labute approximate surface area is 141 Å². The lowest BCUT2D eigenvalue weighted by atomic mass is 10.0. The summed E-state index contributed by atoms with van der Waals surface area (Å²) in [6.07, 6.45) is 3.88. The third-order valence-corrected chi connectivity index (χ3v) is 4.46. The second kappa shape index (κ2) is 7.31. The third kappa shape index (κ3) is 5.04. The predicted molar refractivity (Wildman–Crippen MR) is 92.0 cm³/mol. The lowest BCUT2D eigenvalue weighted by Crippen LogP contribution is -2.37. The lowest BCUT2D eigenvalue weighted by Gasteiger charge is -2.26. The molecular weight excluding hydrogens is 333 g/mol. The van der Waals surface area contributed by atoms with Crippen molar-refractivity contribution < 1.29 is 17.6 Å². The molecule has 1 aliphatic rings. The summed E-state index contributed by atoms with van der Waals surface area (Å²) in [5.74, 6) is -1.13. The van der Waals surface area contributed by atoms with E-state index in [1.807, 2.05) is 14.0 Å². The number of hydrogen-bond acceptors (Lipinski definition) is 4. The molecule has 1 aromatic rings. The maximum Gasteiger partial charge on any atom is 0.253 e.